The lowest BCUT2D eigenvalue weighted by Crippen LogP contribution is -2.61. The molecule has 5 aliphatic heterocycles. The van der Waals surface area contributed by atoms with Crippen molar-refractivity contribution in [2.45, 2.75) is 55.9 Å². The molecule has 10 heteroatoms. The minimum atomic E-state index is -0.920. The van der Waals surface area contributed by atoms with Gasteiger partial charge in [-0.1, -0.05) is 18.1 Å². The van der Waals surface area contributed by atoms with Crippen LogP contribution in [0.4, 0.5) is 19.0 Å². The quantitative estimate of drug-likeness (QED) is 0.301. The molecule has 2 bridgehead atoms. The molecule has 0 spiro atoms. The van der Waals surface area contributed by atoms with Crippen LogP contribution in [-0.4, -0.2) is 76.6 Å². The van der Waals surface area contributed by atoms with E-state index in [-0.39, 0.29) is 52.5 Å². The molecule has 0 radical (unpaired) electrons. The van der Waals surface area contributed by atoms with E-state index in [9.17, 15) is 9.50 Å². The molecule has 0 amide bonds. The number of piperazine rings is 1. The third kappa shape index (κ3) is 4.28. The molecule has 1 unspecified atom stereocenters. The third-order valence-electron chi connectivity index (χ3n) is 10.1. The number of aromatic hydroxyl groups is 1. The van der Waals surface area contributed by atoms with Crippen LogP contribution in [0.25, 0.3) is 32.8 Å². The van der Waals surface area contributed by atoms with Crippen LogP contribution in [0.15, 0.2) is 36.4 Å². The summed E-state index contributed by atoms with van der Waals surface area (Å²) in [6.07, 6.45) is 8.95. The molecule has 7 nitrogen and oxygen atoms in total. The number of nitrogens with one attached hydrogen (secondary N) is 1. The summed E-state index contributed by atoms with van der Waals surface area (Å²) < 4.78 is 53.7. The van der Waals surface area contributed by atoms with E-state index in [4.69, 9.17) is 16.1 Å². The fraction of sp³-hybridized carbons (Fsp3) is 0.412. The highest BCUT2D eigenvalue weighted by molar-refractivity contribution is 6.04. The number of nitrogens with zero attached hydrogens (tertiary/aromatic N) is 4. The Kier molecular flexibility index (Phi) is 6.40. The number of benzene rings is 3. The number of phenolic OH excluding ortho intramolecular Hbond substituents is 1. The van der Waals surface area contributed by atoms with Gasteiger partial charge in [0.25, 0.3) is 0 Å². The number of fused-ring (bicyclic) bond motifs is 6. The van der Waals surface area contributed by atoms with Crippen LogP contribution >= 0.6 is 0 Å². The summed E-state index contributed by atoms with van der Waals surface area (Å²) in [6, 6.07) is 9.61. The maximum atomic E-state index is 16.8. The Bertz CT molecular complexity index is 1850. The van der Waals surface area contributed by atoms with Gasteiger partial charge in [-0.25, -0.2) is 13.2 Å². The van der Waals surface area contributed by atoms with Crippen LogP contribution in [0.1, 0.15) is 37.7 Å². The summed E-state index contributed by atoms with van der Waals surface area (Å²) in [5.41, 5.74) is -0.278. The highest BCUT2D eigenvalue weighted by Gasteiger charge is 2.49. The van der Waals surface area contributed by atoms with E-state index < -0.39 is 23.3 Å². The highest BCUT2D eigenvalue weighted by atomic mass is 19.1. The number of alkyl halides is 1. The van der Waals surface area contributed by atoms with Gasteiger partial charge in [0, 0.05) is 60.0 Å². The van der Waals surface area contributed by atoms with Crippen LogP contribution in [0.5, 0.6) is 11.8 Å². The highest BCUT2D eigenvalue weighted by Crippen LogP contribution is 2.43. The molecule has 5 fully saturated rings. The Morgan fingerprint density at radius 1 is 1.16 bits per heavy atom. The van der Waals surface area contributed by atoms with Crippen molar-refractivity contribution in [3.63, 3.8) is 0 Å². The third-order valence-corrected chi connectivity index (χ3v) is 10.1. The van der Waals surface area contributed by atoms with Crippen molar-refractivity contribution in [2.75, 3.05) is 37.7 Å². The van der Waals surface area contributed by atoms with Crippen molar-refractivity contribution < 1.29 is 23.0 Å². The molecule has 3 aromatic carbocycles. The number of rotatable bonds is 5. The van der Waals surface area contributed by atoms with Gasteiger partial charge in [-0.3, -0.25) is 4.90 Å². The van der Waals surface area contributed by atoms with Gasteiger partial charge in [-0.2, -0.15) is 9.97 Å². The van der Waals surface area contributed by atoms with Gasteiger partial charge >= 0.3 is 6.01 Å². The number of piperidine rings is 2. The fourth-order valence-electron chi connectivity index (χ4n) is 8.04. The minimum Gasteiger partial charge on any atom is -0.508 e. The number of phenols is 1. The Hall–Kier alpha value is -4.07. The predicted molar refractivity (Wildman–Crippen MR) is 163 cm³/mol. The van der Waals surface area contributed by atoms with E-state index in [2.05, 4.69) is 26.0 Å². The lowest BCUT2D eigenvalue weighted by atomic mass is 9.91. The first-order chi connectivity index (χ1) is 21.3. The molecule has 226 valence electrons. The molecule has 5 saturated heterocycles. The summed E-state index contributed by atoms with van der Waals surface area (Å²) >= 11 is 0. The van der Waals surface area contributed by atoms with Gasteiger partial charge in [0.1, 0.15) is 35.7 Å². The normalized spacial score (nSPS) is 26.4. The Morgan fingerprint density at radius 3 is 2.82 bits per heavy atom. The molecule has 4 aromatic rings. The predicted octanol–water partition coefficient (Wildman–Crippen LogP) is 5.31. The summed E-state index contributed by atoms with van der Waals surface area (Å²) in [5.74, 6) is 1.18. The summed E-state index contributed by atoms with van der Waals surface area (Å²) in [4.78, 5) is 13.5. The average molecular weight is 600 g/mol. The van der Waals surface area contributed by atoms with E-state index in [1.807, 2.05) is 0 Å². The van der Waals surface area contributed by atoms with Crippen LogP contribution in [0, 0.1) is 24.0 Å². The molecular formula is C34H32F3N5O2. The first-order valence-corrected chi connectivity index (χ1v) is 15.3. The van der Waals surface area contributed by atoms with Gasteiger partial charge in [0.15, 0.2) is 5.82 Å². The van der Waals surface area contributed by atoms with E-state index >= 15 is 8.78 Å². The lowest BCUT2D eigenvalue weighted by Gasteiger charge is -2.46. The van der Waals surface area contributed by atoms with Crippen molar-refractivity contribution in [3.8, 4) is 35.2 Å². The lowest BCUT2D eigenvalue weighted by molar-refractivity contribution is 0.107. The van der Waals surface area contributed by atoms with Crippen molar-refractivity contribution in [2.24, 2.45) is 0 Å². The molecule has 4 atom stereocenters. The zero-order valence-corrected chi connectivity index (χ0v) is 24.1. The fourth-order valence-corrected chi connectivity index (χ4v) is 8.04. The van der Waals surface area contributed by atoms with Crippen LogP contribution < -0.4 is 15.0 Å². The van der Waals surface area contributed by atoms with Gasteiger partial charge in [-0.05, 0) is 61.9 Å². The second-order valence-corrected chi connectivity index (χ2v) is 12.7. The molecule has 6 heterocycles. The number of ether oxygens (including phenoxy) is 1. The second-order valence-electron chi connectivity index (χ2n) is 12.7. The Morgan fingerprint density at radius 2 is 2.05 bits per heavy atom. The number of hydrogen-bond donors (Lipinski definition) is 2. The first-order valence-electron chi connectivity index (χ1n) is 15.3. The Labute approximate surface area is 253 Å². The van der Waals surface area contributed by atoms with Gasteiger partial charge in [-0.15, -0.1) is 6.42 Å². The molecule has 44 heavy (non-hydrogen) atoms. The molecule has 2 N–H and O–H groups in total. The van der Waals surface area contributed by atoms with Gasteiger partial charge < -0.3 is 20.1 Å². The van der Waals surface area contributed by atoms with Crippen molar-refractivity contribution >= 4 is 27.5 Å². The molecular weight excluding hydrogens is 567 g/mol. The van der Waals surface area contributed by atoms with Crippen molar-refractivity contribution in [3.05, 3.63) is 53.6 Å². The van der Waals surface area contributed by atoms with E-state index in [0.29, 0.717) is 41.7 Å². The van der Waals surface area contributed by atoms with E-state index in [1.165, 1.54) is 18.2 Å². The SMILES string of the molecule is C#Cc1cccc2cc(O)cc(-c3c(F)cc4c(N5C[C@@H]6CCC5CN6)nc(OC[C@@]56CCCN5C[C@H](F)C6)nc4c3F)c12. The number of halogens is 3. The van der Waals surface area contributed by atoms with Crippen molar-refractivity contribution in [1.29, 1.82) is 0 Å². The standard InChI is InChI=1S/C34H32F3N5O2/c1-2-19-5-3-6-20-11-24(43)12-25(28(19)20)29-27(36)13-26-31(30(29)37)39-33(40-32(26)42-17-22-7-8-23(42)15-38-22)44-18-34-9-4-10-41(34)16-21(35)14-34/h1,3,5-6,11-13,21-23,38,43H,4,7-10,14-18H2/t21-,22+,23?,34+/m1/s1. The first kappa shape index (κ1) is 27.5. The largest absolute Gasteiger partial charge is 0.508 e. The zero-order chi connectivity index (χ0) is 30.2. The average Bonchev–Trinajstić information content (AvgIpc) is 3.55. The molecule has 0 saturated carbocycles. The number of terminal acetylenes is 1. The monoisotopic (exact) mass is 599 g/mol. The molecule has 9 rings (SSSR count). The van der Waals surface area contributed by atoms with Gasteiger partial charge in [0.2, 0.25) is 0 Å². The molecule has 1 aromatic heterocycles. The van der Waals surface area contributed by atoms with Gasteiger partial charge in [0.05, 0.1) is 11.1 Å². The van der Waals surface area contributed by atoms with E-state index in [1.54, 1.807) is 18.2 Å². The number of anilines is 1. The van der Waals surface area contributed by atoms with Crippen molar-refractivity contribution in [1.82, 2.24) is 20.2 Å². The maximum absolute atomic E-state index is 16.8. The number of hydrogen-bond acceptors (Lipinski definition) is 7. The molecule has 0 aliphatic carbocycles. The minimum absolute atomic E-state index is 0.0213. The summed E-state index contributed by atoms with van der Waals surface area (Å²) in [7, 11) is 0. The summed E-state index contributed by atoms with van der Waals surface area (Å²) in [5, 5.41) is 15.3. The summed E-state index contributed by atoms with van der Waals surface area (Å²) in [6.45, 7) is 2.77. The second kappa shape index (κ2) is 10.2. The van der Waals surface area contributed by atoms with Crippen LogP contribution in [0.3, 0.4) is 0 Å². The smallest absolute Gasteiger partial charge is 0.319 e. The topological polar surface area (TPSA) is 73.8 Å². The molecule has 5 aliphatic rings. The van der Waals surface area contributed by atoms with Crippen LogP contribution in [0.2, 0.25) is 0 Å². The van der Waals surface area contributed by atoms with E-state index in [0.717, 1.165) is 38.8 Å². The van der Waals surface area contributed by atoms with Crippen LogP contribution in [-0.2, 0) is 0 Å². The maximum Gasteiger partial charge on any atom is 0.319 e. The Balaban J connectivity index is 1.30. The zero-order valence-electron chi connectivity index (χ0n) is 24.1. The number of aromatic nitrogens is 2.